The van der Waals surface area contributed by atoms with E-state index in [0.717, 1.165) is 0 Å². The van der Waals surface area contributed by atoms with Crippen LogP contribution in [0.2, 0.25) is 5.02 Å². The van der Waals surface area contributed by atoms with Gasteiger partial charge >= 0.3 is 0 Å². The number of nitriles is 1. The summed E-state index contributed by atoms with van der Waals surface area (Å²) < 4.78 is 0. The van der Waals surface area contributed by atoms with Gasteiger partial charge in [-0.1, -0.05) is 32.4 Å². The van der Waals surface area contributed by atoms with Gasteiger partial charge in [0.25, 0.3) is 0 Å². The van der Waals surface area contributed by atoms with Gasteiger partial charge in [0.2, 0.25) is 5.91 Å². The molecule has 5 heteroatoms. The summed E-state index contributed by atoms with van der Waals surface area (Å²) in [6.07, 6.45) is 0. The molecule has 0 aromatic heterocycles. The van der Waals surface area contributed by atoms with E-state index < -0.39 is 5.41 Å². The molecule has 1 amide bonds. The first-order valence-electron chi connectivity index (χ1n) is 6.06. The third-order valence-corrected chi connectivity index (χ3v) is 2.74. The molecule has 0 fully saturated rings. The summed E-state index contributed by atoms with van der Waals surface area (Å²) in [7, 11) is 0. The van der Waals surface area contributed by atoms with Gasteiger partial charge in [-0.2, -0.15) is 5.26 Å². The fraction of sp³-hybridized carbons (Fsp3) is 0.429. The lowest BCUT2D eigenvalue weighted by Crippen LogP contribution is -2.37. The first-order valence-corrected chi connectivity index (χ1v) is 6.44. The number of carbonyl (C=O) groups excluding carboxylic acids is 1. The number of hydrogen-bond donors (Lipinski definition) is 2. The van der Waals surface area contributed by atoms with Crippen molar-refractivity contribution in [3.05, 3.63) is 28.8 Å². The Morgan fingerprint density at radius 2 is 2.05 bits per heavy atom. The van der Waals surface area contributed by atoms with E-state index in [4.69, 9.17) is 16.9 Å². The summed E-state index contributed by atoms with van der Waals surface area (Å²) in [5.74, 6) is 0.000834. The summed E-state index contributed by atoms with van der Waals surface area (Å²) in [6, 6.07) is 7.13. The topological polar surface area (TPSA) is 64.9 Å². The second-order valence-electron chi connectivity index (χ2n) is 5.23. The second kappa shape index (κ2) is 6.44. The molecule has 4 nitrogen and oxygen atoms in total. The van der Waals surface area contributed by atoms with Gasteiger partial charge in [0, 0.05) is 23.5 Å². The lowest BCUT2D eigenvalue weighted by atomic mass is 9.96. The molecule has 0 atom stereocenters. The van der Waals surface area contributed by atoms with Crippen molar-refractivity contribution in [1.29, 1.82) is 5.26 Å². The number of hydrogen-bond acceptors (Lipinski definition) is 3. The Kier molecular flexibility index (Phi) is 5.20. The lowest BCUT2D eigenvalue weighted by Gasteiger charge is -2.18. The van der Waals surface area contributed by atoms with Crippen LogP contribution in [0, 0.1) is 16.7 Å². The molecule has 0 spiro atoms. The predicted octanol–water partition coefficient (Wildman–Crippen LogP) is 2.79. The van der Waals surface area contributed by atoms with Crippen molar-refractivity contribution >= 4 is 23.2 Å². The van der Waals surface area contributed by atoms with Crippen LogP contribution < -0.4 is 10.6 Å². The van der Waals surface area contributed by atoms with Gasteiger partial charge in [-0.25, -0.2) is 0 Å². The molecule has 19 heavy (non-hydrogen) atoms. The number of rotatable bonds is 4. The van der Waals surface area contributed by atoms with Crippen molar-refractivity contribution in [1.82, 2.24) is 5.32 Å². The smallest absolute Gasteiger partial charge is 0.225 e. The van der Waals surface area contributed by atoms with Crippen molar-refractivity contribution in [2.75, 3.05) is 18.4 Å². The Morgan fingerprint density at radius 3 is 2.63 bits per heavy atom. The van der Waals surface area contributed by atoms with Gasteiger partial charge in [0.1, 0.15) is 6.07 Å². The van der Waals surface area contributed by atoms with Gasteiger partial charge in [0.15, 0.2) is 0 Å². The van der Waals surface area contributed by atoms with Crippen molar-refractivity contribution in [2.24, 2.45) is 5.41 Å². The average Bonchev–Trinajstić information content (AvgIpc) is 2.33. The third kappa shape index (κ3) is 4.80. The first-order chi connectivity index (χ1) is 8.84. The normalized spacial score (nSPS) is 10.7. The summed E-state index contributed by atoms with van der Waals surface area (Å²) >= 11 is 5.88. The van der Waals surface area contributed by atoms with Crippen LogP contribution >= 0.6 is 11.6 Å². The molecular formula is C14H18ClN3O. The largest absolute Gasteiger partial charge is 0.382 e. The van der Waals surface area contributed by atoms with Crippen molar-refractivity contribution < 1.29 is 4.79 Å². The number of carbonyl (C=O) groups is 1. The SMILES string of the molecule is CC(C)(C)C(=O)NCCNc1cc(Cl)ccc1C#N. The molecule has 102 valence electrons. The second-order valence-corrected chi connectivity index (χ2v) is 5.67. The van der Waals surface area contributed by atoms with Crippen LogP contribution in [-0.4, -0.2) is 19.0 Å². The summed E-state index contributed by atoms with van der Waals surface area (Å²) in [6.45, 7) is 6.62. The van der Waals surface area contributed by atoms with Crippen LogP contribution in [0.1, 0.15) is 26.3 Å². The van der Waals surface area contributed by atoms with Gasteiger partial charge in [-0.15, -0.1) is 0 Å². The molecule has 0 bridgehead atoms. The molecule has 0 heterocycles. The molecule has 1 rings (SSSR count). The number of benzene rings is 1. The zero-order valence-electron chi connectivity index (χ0n) is 11.4. The van der Waals surface area contributed by atoms with Gasteiger partial charge in [-0.05, 0) is 18.2 Å². The standard InChI is InChI=1S/C14H18ClN3O/c1-14(2,3)13(19)18-7-6-17-12-8-11(15)5-4-10(12)9-16/h4-5,8,17H,6-7H2,1-3H3,(H,18,19). The van der Waals surface area contributed by atoms with Gasteiger partial charge < -0.3 is 10.6 Å². The van der Waals surface area contributed by atoms with E-state index in [2.05, 4.69) is 16.7 Å². The van der Waals surface area contributed by atoms with Crippen molar-refractivity contribution in [3.8, 4) is 6.07 Å². The average molecular weight is 280 g/mol. The van der Waals surface area contributed by atoms with Crippen LogP contribution in [0.25, 0.3) is 0 Å². The first kappa shape index (κ1) is 15.3. The summed E-state index contributed by atoms with van der Waals surface area (Å²) in [4.78, 5) is 11.6. The highest BCUT2D eigenvalue weighted by atomic mass is 35.5. The Hall–Kier alpha value is -1.73. The molecule has 0 unspecified atom stereocenters. The van der Waals surface area contributed by atoms with Gasteiger partial charge in [0.05, 0.1) is 11.3 Å². The third-order valence-electron chi connectivity index (χ3n) is 2.51. The van der Waals surface area contributed by atoms with E-state index >= 15 is 0 Å². The van der Waals surface area contributed by atoms with E-state index in [0.29, 0.717) is 29.4 Å². The maximum atomic E-state index is 11.6. The Balaban J connectivity index is 2.49. The highest BCUT2D eigenvalue weighted by Crippen LogP contribution is 2.20. The molecule has 0 aliphatic carbocycles. The molecular weight excluding hydrogens is 262 g/mol. The van der Waals surface area contributed by atoms with E-state index in [-0.39, 0.29) is 5.91 Å². The number of anilines is 1. The molecule has 0 aliphatic heterocycles. The Labute approximate surface area is 118 Å². The van der Waals surface area contributed by atoms with Crippen molar-refractivity contribution in [2.45, 2.75) is 20.8 Å². The highest BCUT2D eigenvalue weighted by Gasteiger charge is 2.20. The Bertz CT molecular complexity index is 500. The van der Waals surface area contributed by atoms with Crippen LogP contribution in [0.5, 0.6) is 0 Å². The number of halogens is 1. The highest BCUT2D eigenvalue weighted by molar-refractivity contribution is 6.30. The van der Waals surface area contributed by atoms with Crippen LogP contribution in [0.15, 0.2) is 18.2 Å². The van der Waals surface area contributed by atoms with Crippen LogP contribution in [0.3, 0.4) is 0 Å². The molecule has 0 saturated heterocycles. The molecule has 1 aromatic rings. The Morgan fingerprint density at radius 1 is 1.37 bits per heavy atom. The fourth-order valence-electron chi connectivity index (χ4n) is 1.40. The summed E-state index contributed by atoms with van der Waals surface area (Å²) in [5.41, 5.74) is 0.819. The fourth-order valence-corrected chi connectivity index (χ4v) is 1.57. The van der Waals surface area contributed by atoms with E-state index in [1.807, 2.05) is 20.8 Å². The van der Waals surface area contributed by atoms with Crippen LogP contribution in [-0.2, 0) is 4.79 Å². The molecule has 2 N–H and O–H groups in total. The summed E-state index contributed by atoms with van der Waals surface area (Å²) in [5, 5.41) is 15.4. The molecule has 0 radical (unpaired) electrons. The van der Waals surface area contributed by atoms with E-state index in [1.165, 1.54) is 0 Å². The van der Waals surface area contributed by atoms with E-state index in [1.54, 1.807) is 18.2 Å². The maximum Gasteiger partial charge on any atom is 0.225 e. The lowest BCUT2D eigenvalue weighted by molar-refractivity contribution is -0.128. The maximum absolute atomic E-state index is 11.6. The zero-order valence-corrected chi connectivity index (χ0v) is 12.1. The molecule has 1 aromatic carbocycles. The zero-order chi connectivity index (χ0) is 14.5. The van der Waals surface area contributed by atoms with Crippen LogP contribution in [0.4, 0.5) is 5.69 Å². The van der Waals surface area contributed by atoms with Crippen molar-refractivity contribution in [3.63, 3.8) is 0 Å². The quantitative estimate of drug-likeness (QED) is 0.833. The van der Waals surface area contributed by atoms with E-state index in [9.17, 15) is 4.79 Å². The minimum absolute atomic E-state index is 0.000834. The number of nitrogens with one attached hydrogen (secondary N) is 2. The minimum atomic E-state index is -0.395. The predicted molar refractivity (Wildman–Crippen MR) is 77.1 cm³/mol. The monoisotopic (exact) mass is 279 g/mol. The molecule has 0 saturated carbocycles. The minimum Gasteiger partial charge on any atom is -0.382 e. The van der Waals surface area contributed by atoms with Gasteiger partial charge in [-0.3, -0.25) is 4.79 Å². The number of nitrogens with zero attached hydrogens (tertiary/aromatic N) is 1. The molecule has 0 aliphatic rings. The number of amides is 1.